The van der Waals surface area contributed by atoms with Crippen LogP contribution in [0.25, 0.3) is 0 Å². The van der Waals surface area contributed by atoms with Crippen molar-refractivity contribution in [2.75, 3.05) is 18.0 Å². The quantitative estimate of drug-likeness (QED) is 0.853. The summed E-state index contributed by atoms with van der Waals surface area (Å²) in [5.41, 5.74) is -0.920. The molecule has 0 amide bonds. The van der Waals surface area contributed by atoms with Crippen LogP contribution >= 0.6 is 0 Å². The molecule has 1 N–H and O–H groups in total. The molecule has 118 valence electrons. The van der Waals surface area contributed by atoms with Crippen molar-refractivity contribution in [3.8, 4) is 0 Å². The number of benzene rings is 1. The third-order valence-electron chi connectivity index (χ3n) is 3.51. The first kappa shape index (κ1) is 17.3. The van der Waals surface area contributed by atoms with Crippen LogP contribution in [0.3, 0.4) is 0 Å². The molecule has 1 unspecified atom stereocenters. The Morgan fingerprint density at radius 2 is 1.95 bits per heavy atom. The highest BCUT2D eigenvalue weighted by Crippen LogP contribution is 2.33. The van der Waals surface area contributed by atoms with Gasteiger partial charge < -0.3 is 10.0 Å². The van der Waals surface area contributed by atoms with Crippen molar-refractivity contribution < 1.29 is 23.1 Å². The van der Waals surface area contributed by atoms with Gasteiger partial charge in [0.15, 0.2) is 0 Å². The molecule has 1 rings (SSSR count). The van der Waals surface area contributed by atoms with E-state index >= 15 is 0 Å². The maximum Gasteiger partial charge on any atom is 0.416 e. The fourth-order valence-electron chi connectivity index (χ4n) is 2.06. The molecule has 0 aliphatic carbocycles. The van der Waals surface area contributed by atoms with Crippen LogP contribution in [0.1, 0.15) is 43.1 Å². The van der Waals surface area contributed by atoms with Crippen LogP contribution in [0.5, 0.6) is 0 Å². The molecule has 0 saturated heterocycles. The Morgan fingerprint density at radius 3 is 2.38 bits per heavy atom. The van der Waals surface area contributed by atoms with Crippen molar-refractivity contribution in [2.24, 2.45) is 5.92 Å². The summed E-state index contributed by atoms with van der Waals surface area (Å²) in [5, 5.41) is 9.20. The first-order chi connectivity index (χ1) is 9.70. The number of rotatable bonds is 6. The standard InChI is InChI=1S/C15H20F3NO2/c1-4-10(3)9-19(5-2)13-7-6-11(15(16,17)18)8-12(13)14(20)21/h6-8,10H,4-5,9H2,1-3H3,(H,20,21). The van der Waals surface area contributed by atoms with E-state index in [2.05, 4.69) is 0 Å². The van der Waals surface area contributed by atoms with Gasteiger partial charge in [-0.05, 0) is 31.0 Å². The summed E-state index contributed by atoms with van der Waals surface area (Å²) in [6, 6.07) is 2.89. The van der Waals surface area contributed by atoms with Crippen LogP contribution in [0.15, 0.2) is 18.2 Å². The molecule has 3 nitrogen and oxygen atoms in total. The fourth-order valence-corrected chi connectivity index (χ4v) is 2.06. The Morgan fingerprint density at radius 1 is 1.33 bits per heavy atom. The van der Waals surface area contributed by atoms with E-state index in [0.717, 1.165) is 12.5 Å². The topological polar surface area (TPSA) is 40.5 Å². The number of carboxylic acids is 1. The molecule has 21 heavy (non-hydrogen) atoms. The van der Waals surface area contributed by atoms with E-state index in [4.69, 9.17) is 0 Å². The summed E-state index contributed by atoms with van der Waals surface area (Å²) < 4.78 is 38.1. The number of anilines is 1. The average Bonchev–Trinajstić information content (AvgIpc) is 2.42. The second kappa shape index (κ2) is 6.83. The number of aromatic carboxylic acids is 1. The van der Waals surface area contributed by atoms with Crippen molar-refractivity contribution in [1.82, 2.24) is 0 Å². The highest BCUT2D eigenvalue weighted by Gasteiger charge is 2.32. The molecular weight excluding hydrogens is 283 g/mol. The maximum atomic E-state index is 12.7. The van der Waals surface area contributed by atoms with Gasteiger partial charge in [0, 0.05) is 13.1 Å². The molecule has 1 aromatic rings. The minimum Gasteiger partial charge on any atom is -0.478 e. The summed E-state index contributed by atoms with van der Waals surface area (Å²) in [7, 11) is 0. The van der Waals surface area contributed by atoms with E-state index in [1.165, 1.54) is 6.07 Å². The van der Waals surface area contributed by atoms with Crippen LogP contribution < -0.4 is 4.90 Å². The van der Waals surface area contributed by atoms with E-state index in [0.29, 0.717) is 30.8 Å². The van der Waals surface area contributed by atoms with Gasteiger partial charge in [0.1, 0.15) is 0 Å². The molecule has 0 saturated carbocycles. The van der Waals surface area contributed by atoms with Crippen LogP contribution in [-0.2, 0) is 6.18 Å². The van der Waals surface area contributed by atoms with Gasteiger partial charge in [-0.2, -0.15) is 13.2 Å². The largest absolute Gasteiger partial charge is 0.478 e. The molecule has 0 aromatic heterocycles. The first-order valence-electron chi connectivity index (χ1n) is 6.90. The number of alkyl halides is 3. The third-order valence-corrected chi connectivity index (χ3v) is 3.51. The molecular formula is C15H20F3NO2. The Bertz CT molecular complexity index is 500. The molecule has 1 aromatic carbocycles. The molecule has 0 spiro atoms. The average molecular weight is 303 g/mol. The zero-order valence-corrected chi connectivity index (χ0v) is 12.4. The van der Waals surface area contributed by atoms with Gasteiger partial charge in [-0.3, -0.25) is 0 Å². The van der Waals surface area contributed by atoms with Crippen molar-refractivity contribution in [3.63, 3.8) is 0 Å². The zero-order valence-electron chi connectivity index (χ0n) is 12.4. The Hall–Kier alpha value is -1.72. The molecule has 0 bridgehead atoms. The zero-order chi connectivity index (χ0) is 16.2. The Labute approximate surface area is 122 Å². The lowest BCUT2D eigenvalue weighted by molar-refractivity contribution is -0.137. The van der Waals surface area contributed by atoms with Crippen LogP contribution in [0, 0.1) is 5.92 Å². The van der Waals surface area contributed by atoms with Gasteiger partial charge >= 0.3 is 12.1 Å². The van der Waals surface area contributed by atoms with Crippen LogP contribution in [0.2, 0.25) is 0 Å². The van der Waals surface area contributed by atoms with Crippen molar-refractivity contribution in [3.05, 3.63) is 29.3 Å². The number of carboxylic acid groups (broad SMARTS) is 1. The molecule has 1 atom stereocenters. The lowest BCUT2D eigenvalue weighted by Crippen LogP contribution is -2.29. The predicted molar refractivity (Wildman–Crippen MR) is 75.7 cm³/mol. The van der Waals surface area contributed by atoms with Gasteiger partial charge in [-0.1, -0.05) is 20.3 Å². The highest BCUT2D eigenvalue weighted by molar-refractivity contribution is 5.94. The summed E-state index contributed by atoms with van der Waals surface area (Å²) in [6.07, 6.45) is -3.63. The second-order valence-corrected chi connectivity index (χ2v) is 5.09. The molecule has 0 heterocycles. The molecule has 0 radical (unpaired) electrons. The molecule has 6 heteroatoms. The van der Waals surface area contributed by atoms with E-state index in [1.54, 1.807) is 4.90 Å². The minimum absolute atomic E-state index is 0.310. The van der Waals surface area contributed by atoms with Crippen molar-refractivity contribution in [1.29, 1.82) is 0 Å². The molecule has 0 aliphatic rings. The summed E-state index contributed by atoms with van der Waals surface area (Å²) in [6.45, 7) is 7.04. The van der Waals surface area contributed by atoms with Gasteiger partial charge in [0.05, 0.1) is 16.8 Å². The highest BCUT2D eigenvalue weighted by atomic mass is 19.4. The lowest BCUT2D eigenvalue weighted by atomic mass is 10.0. The number of hydrogen-bond acceptors (Lipinski definition) is 2. The Kier molecular flexibility index (Phi) is 5.63. The second-order valence-electron chi connectivity index (χ2n) is 5.09. The summed E-state index contributed by atoms with van der Waals surface area (Å²) in [4.78, 5) is 13.1. The third kappa shape index (κ3) is 4.37. The van der Waals surface area contributed by atoms with Crippen LogP contribution in [-0.4, -0.2) is 24.2 Å². The van der Waals surface area contributed by atoms with E-state index in [-0.39, 0.29) is 5.56 Å². The van der Waals surface area contributed by atoms with E-state index in [9.17, 15) is 23.1 Å². The summed E-state index contributed by atoms with van der Waals surface area (Å²) >= 11 is 0. The predicted octanol–water partition coefficient (Wildman–Crippen LogP) is 4.28. The van der Waals surface area contributed by atoms with E-state index in [1.807, 2.05) is 20.8 Å². The number of hydrogen-bond donors (Lipinski definition) is 1. The molecule has 0 aliphatic heterocycles. The SMILES string of the molecule is CCC(C)CN(CC)c1ccc(C(F)(F)F)cc1C(=O)O. The minimum atomic E-state index is -4.55. The number of carbonyl (C=O) groups is 1. The normalized spacial score (nSPS) is 13.0. The first-order valence-corrected chi connectivity index (χ1v) is 6.90. The van der Waals surface area contributed by atoms with Gasteiger partial charge in [-0.15, -0.1) is 0 Å². The number of nitrogens with zero attached hydrogens (tertiary/aromatic N) is 1. The maximum absolute atomic E-state index is 12.7. The van der Waals surface area contributed by atoms with Gasteiger partial charge in [0.2, 0.25) is 0 Å². The van der Waals surface area contributed by atoms with E-state index < -0.39 is 17.7 Å². The lowest BCUT2D eigenvalue weighted by Gasteiger charge is -2.28. The smallest absolute Gasteiger partial charge is 0.416 e. The van der Waals surface area contributed by atoms with Crippen molar-refractivity contribution in [2.45, 2.75) is 33.4 Å². The summed E-state index contributed by atoms with van der Waals surface area (Å²) in [5.74, 6) is -1.02. The Balaban J connectivity index is 3.25. The van der Waals surface area contributed by atoms with Crippen molar-refractivity contribution >= 4 is 11.7 Å². The molecule has 0 fully saturated rings. The van der Waals surface area contributed by atoms with Gasteiger partial charge in [0.25, 0.3) is 0 Å². The monoisotopic (exact) mass is 303 g/mol. The fraction of sp³-hybridized carbons (Fsp3) is 0.533. The van der Waals surface area contributed by atoms with Gasteiger partial charge in [-0.25, -0.2) is 4.79 Å². The van der Waals surface area contributed by atoms with Crippen LogP contribution in [0.4, 0.5) is 18.9 Å². The number of halogens is 3.